The van der Waals surface area contributed by atoms with Crippen molar-refractivity contribution in [1.29, 1.82) is 0 Å². The highest BCUT2D eigenvalue weighted by Gasteiger charge is 2.24. The quantitative estimate of drug-likeness (QED) is 0.0546. The maximum atomic E-state index is 15.4. The molecule has 1 aliphatic rings. The molecule has 2 atom stereocenters. The average Bonchev–Trinajstić information content (AvgIpc) is 4.07. The highest BCUT2D eigenvalue weighted by atomic mass is 35.5. The Kier molecular flexibility index (Phi) is 20.1. The van der Waals surface area contributed by atoms with Gasteiger partial charge in [-0.15, -0.1) is 12.4 Å². The first-order valence-electron chi connectivity index (χ1n) is 24.7. The number of aryl methyl sites for hydroxylation is 2. The topological polar surface area (TPSA) is 219 Å². The van der Waals surface area contributed by atoms with Gasteiger partial charge in [-0.05, 0) is 124 Å². The molecule has 15 nitrogen and oxygen atoms in total. The van der Waals surface area contributed by atoms with Gasteiger partial charge in [-0.3, -0.25) is 9.59 Å². The number of hydrogen-bond donors (Lipinski definition) is 7. The van der Waals surface area contributed by atoms with E-state index in [9.17, 15) is 24.6 Å². The molecule has 3 amide bonds. The van der Waals surface area contributed by atoms with Gasteiger partial charge < -0.3 is 41.7 Å². The molecule has 18 heteroatoms. The summed E-state index contributed by atoms with van der Waals surface area (Å²) < 4.78 is 38.8. The van der Waals surface area contributed by atoms with E-state index in [1.807, 2.05) is 42.5 Å². The largest absolute Gasteiger partial charge is 0.444 e. The normalized spacial score (nSPS) is 12.6. The van der Waals surface area contributed by atoms with Gasteiger partial charge in [-0.25, -0.2) is 22.9 Å². The molecule has 0 spiro atoms. The van der Waals surface area contributed by atoms with Crippen LogP contribution in [0.1, 0.15) is 112 Å². The second-order valence-electron chi connectivity index (χ2n) is 19.1. The Morgan fingerprint density at radius 2 is 1.08 bits per heavy atom. The lowest BCUT2D eigenvalue weighted by Gasteiger charge is -2.19. The zero-order chi connectivity index (χ0) is 54.5. The van der Waals surface area contributed by atoms with E-state index in [0.29, 0.717) is 53.0 Å². The Morgan fingerprint density at radius 1 is 0.649 bits per heavy atom. The van der Waals surface area contributed by atoms with Crippen molar-refractivity contribution < 1.29 is 43.2 Å². The van der Waals surface area contributed by atoms with E-state index in [4.69, 9.17) is 15.6 Å². The predicted octanol–water partition coefficient (Wildman–Crippen LogP) is 10.6. The molecule has 0 saturated heterocycles. The van der Waals surface area contributed by atoms with E-state index in [1.165, 1.54) is 46.5 Å². The van der Waals surface area contributed by atoms with Gasteiger partial charge in [0.25, 0.3) is 11.8 Å². The molecule has 2 unspecified atom stereocenters. The van der Waals surface area contributed by atoms with Crippen molar-refractivity contribution in [2.45, 2.75) is 78.4 Å². The maximum absolute atomic E-state index is 15.4. The van der Waals surface area contributed by atoms with Gasteiger partial charge in [0, 0.05) is 30.8 Å². The van der Waals surface area contributed by atoms with Gasteiger partial charge in [0.15, 0.2) is 11.6 Å². The van der Waals surface area contributed by atoms with Crippen LogP contribution >= 0.6 is 12.4 Å². The molecule has 6 aromatic carbocycles. The summed E-state index contributed by atoms with van der Waals surface area (Å²) in [5.74, 6) is -1.81. The third-order valence-corrected chi connectivity index (χ3v) is 11.8. The van der Waals surface area contributed by atoms with Crippen molar-refractivity contribution in [2.24, 2.45) is 11.7 Å². The summed E-state index contributed by atoms with van der Waals surface area (Å²) in [7, 11) is 0. The van der Waals surface area contributed by atoms with Gasteiger partial charge in [0.05, 0.1) is 34.1 Å². The van der Waals surface area contributed by atoms with Crippen LogP contribution in [-0.2, 0) is 17.8 Å². The summed E-state index contributed by atoms with van der Waals surface area (Å²) in [6, 6.07) is 44.3. The molecule has 1 saturated carbocycles. The number of rotatable bonds is 14. The van der Waals surface area contributed by atoms with Crippen LogP contribution in [0.2, 0.25) is 0 Å². The van der Waals surface area contributed by atoms with Crippen LogP contribution in [0.15, 0.2) is 158 Å². The fraction of sp³-hybridized carbons (Fsp3) is 0.237. The Morgan fingerprint density at radius 3 is 1.48 bits per heavy atom. The molecule has 1 fully saturated rings. The molecule has 0 bridgehead atoms. The molecule has 0 radical (unpaired) electrons. The number of anilines is 2. The Labute approximate surface area is 452 Å². The van der Waals surface area contributed by atoms with Gasteiger partial charge in [-0.1, -0.05) is 109 Å². The lowest BCUT2D eigenvalue weighted by Crippen LogP contribution is -2.32. The van der Waals surface area contributed by atoms with Gasteiger partial charge in [0.1, 0.15) is 29.2 Å². The molecule has 77 heavy (non-hydrogen) atoms. The summed E-state index contributed by atoms with van der Waals surface area (Å²) in [4.78, 5) is 38.4. The van der Waals surface area contributed by atoms with Crippen LogP contribution in [-0.4, -0.2) is 65.0 Å². The molecule has 9 rings (SSSR count). The number of nitrogens with one attached hydrogen (secondary N) is 3. The van der Waals surface area contributed by atoms with E-state index < -0.39 is 47.4 Å². The first-order chi connectivity index (χ1) is 36.4. The number of carbonyl (C=O) groups is 3. The lowest BCUT2D eigenvalue weighted by molar-refractivity contribution is 0.0523. The number of alkyl carbamates (subject to hydrolysis) is 1. The highest BCUT2D eigenvalue weighted by molar-refractivity contribution is 6.04. The molecule has 2 aromatic heterocycles. The summed E-state index contributed by atoms with van der Waals surface area (Å²) in [6.07, 6.45) is -0.357. The maximum Gasteiger partial charge on any atom is 0.407 e. The molecular formula is C59H63ClF2N8O7. The van der Waals surface area contributed by atoms with Crippen LogP contribution in [0.5, 0.6) is 0 Å². The van der Waals surface area contributed by atoms with Gasteiger partial charge in [0.2, 0.25) is 0 Å². The Hall–Kier alpha value is -8.06. The molecule has 0 aliphatic heterocycles. The fourth-order valence-electron chi connectivity index (χ4n) is 7.84. The lowest BCUT2D eigenvalue weighted by atomic mass is 10.0. The number of benzene rings is 6. The second-order valence-corrected chi connectivity index (χ2v) is 19.1. The van der Waals surface area contributed by atoms with Gasteiger partial charge >= 0.3 is 6.09 Å². The van der Waals surface area contributed by atoms with Crippen molar-refractivity contribution in [3.63, 3.8) is 0 Å². The standard InChI is InChI=1S/C30H31FN4O4.C25H23FN4O2.C4H8O.ClH/c1-19-16-25(35(34-19)22-13-8-10-20(17-22)18-32-29(38)39-30(2,3)4)28(37)33-24-15-9-14-23(26(24)31)27(36)21-11-6-5-7-12-21;1-16-13-22(30(29-16)19-10-5-7-17(14-19)15-27)25(32)28-21-12-6-11-20(23(21)26)24(31)18-8-3-2-4-9-18;5-3-4-1-2-4;/h5-17,27,36H,18H2,1-4H3,(H,32,38)(H,33,37);2-14,24,31H,15,27H2,1H3,(H,28,32);4-5H,1-3H2;1H. The minimum atomic E-state index is -1.19. The number of aliphatic hydroxyl groups is 3. The van der Waals surface area contributed by atoms with Crippen molar-refractivity contribution in [3.05, 3.63) is 226 Å². The number of aliphatic hydroxyl groups excluding tert-OH is 3. The molecule has 8 N–H and O–H groups in total. The Bertz CT molecular complexity index is 3270. The van der Waals surface area contributed by atoms with Crippen molar-refractivity contribution >= 4 is 41.7 Å². The molecule has 8 aromatic rings. The van der Waals surface area contributed by atoms with Crippen LogP contribution in [0.3, 0.4) is 0 Å². The van der Waals surface area contributed by atoms with Crippen LogP contribution < -0.4 is 21.7 Å². The number of halogens is 3. The first-order valence-corrected chi connectivity index (χ1v) is 24.7. The summed E-state index contributed by atoms with van der Waals surface area (Å²) in [6.45, 7) is 9.87. The fourth-order valence-corrected chi connectivity index (χ4v) is 7.84. The second kappa shape index (κ2) is 26.6. The van der Waals surface area contributed by atoms with Crippen LogP contribution in [0.4, 0.5) is 25.0 Å². The highest BCUT2D eigenvalue weighted by Crippen LogP contribution is 2.31. The average molecular weight is 1070 g/mol. The number of nitrogens with zero attached hydrogens (tertiary/aromatic N) is 4. The van der Waals surface area contributed by atoms with E-state index in [1.54, 1.807) is 126 Å². The SMILES string of the molecule is Cc1cc(C(=O)Nc2cccc(C(O)c3ccccc3)c2F)n(-c2cccc(CN)c2)n1.Cc1cc(C(=O)Nc2cccc(C(O)c3ccccc3)c2F)n(-c2cccc(CNC(=O)OC(C)(C)C)c2)n1.Cl.OCC1CC1. The monoisotopic (exact) mass is 1070 g/mol. The van der Waals surface area contributed by atoms with E-state index in [-0.39, 0.29) is 52.8 Å². The Balaban J connectivity index is 0.000000229. The van der Waals surface area contributed by atoms with Crippen molar-refractivity contribution in [3.8, 4) is 11.4 Å². The number of aromatic nitrogens is 4. The number of ether oxygens (including phenoxy) is 1. The molecular weight excluding hydrogens is 1010 g/mol. The third kappa shape index (κ3) is 15.8. The van der Waals surface area contributed by atoms with Crippen molar-refractivity contribution in [1.82, 2.24) is 24.9 Å². The molecule has 2 heterocycles. The number of nitrogens with two attached hydrogens (primary N) is 1. The minimum Gasteiger partial charge on any atom is -0.444 e. The number of hydrogen-bond acceptors (Lipinski definition) is 10. The van der Waals surface area contributed by atoms with E-state index >= 15 is 8.78 Å². The van der Waals surface area contributed by atoms with Crippen LogP contribution in [0, 0.1) is 31.4 Å². The zero-order valence-electron chi connectivity index (χ0n) is 43.3. The zero-order valence-corrected chi connectivity index (χ0v) is 44.1. The summed E-state index contributed by atoms with van der Waals surface area (Å²) in [5, 5.41) is 46.3. The number of carbonyl (C=O) groups excluding carboxylic acids is 3. The smallest absolute Gasteiger partial charge is 0.407 e. The first kappa shape index (κ1) is 58.2. The van der Waals surface area contributed by atoms with E-state index in [0.717, 1.165) is 11.1 Å². The number of amides is 3. The molecule has 1 aliphatic carbocycles. The van der Waals surface area contributed by atoms with Crippen molar-refractivity contribution in [2.75, 3.05) is 17.2 Å². The van der Waals surface area contributed by atoms with Gasteiger partial charge in [-0.2, -0.15) is 10.2 Å². The van der Waals surface area contributed by atoms with Crippen LogP contribution in [0.25, 0.3) is 11.4 Å². The van der Waals surface area contributed by atoms with E-state index in [2.05, 4.69) is 26.1 Å². The summed E-state index contributed by atoms with van der Waals surface area (Å²) in [5.41, 5.74) is 10.9. The molecule has 402 valence electrons. The predicted molar refractivity (Wildman–Crippen MR) is 294 cm³/mol. The minimum absolute atomic E-state index is 0. The third-order valence-electron chi connectivity index (χ3n) is 11.8. The summed E-state index contributed by atoms with van der Waals surface area (Å²) >= 11 is 0.